The quantitative estimate of drug-likeness (QED) is 0.705. The molecule has 0 aromatic carbocycles. The first kappa shape index (κ1) is 13.9. The van der Waals surface area contributed by atoms with Crippen molar-refractivity contribution >= 4 is 0 Å². The van der Waals surface area contributed by atoms with Crippen LogP contribution in [0.2, 0.25) is 0 Å². The van der Waals surface area contributed by atoms with Gasteiger partial charge in [0.05, 0.1) is 18.5 Å². The van der Waals surface area contributed by atoms with Crippen LogP contribution in [0.3, 0.4) is 0 Å². The van der Waals surface area contributed by atoms with E-state index in [1.165, 1.54) is 0 Å². The second-order valence-corrected chi connectivity index (χ2v) is 3.74. The van der Waals surface area contributed by atoms with E-state index in [0.29, 0.717) is 13.2 Å². The number of aromatic nitrogens is 1. The number of nitrogens with one attached hydrogen (secondary N) is 1. The average Bonchev–Trinajstić information content (AvgIpc) is 2.36. The van der Waals surface area contributed by atoms with E-state index in [0.717, 1.165) is 24.6 Å². The Hall–Kier alpha value is -1.13. The molecule has 1 unspecified atom stereocenters. The fourth-order valence-electron chi connectivity index (χ4n) is 1.51. The summed E-state index contributed by atoms with van der Waals surface area (Å²) in [5, 5.41) is 3.32. The third-order valence-electron chi connectivity index (χ3n) is 2.41. The summed E-state index contributed by atoms with van der Waals surface area (Å²) in [5.41, 5.74) is 1.03. The molecule has 4 heteroatoms. The van der Waals surface area contributed by atoms with Crippen molar-refractivity contribution in [2.24, 2.45) is 0 Å². The van der Waals surface area contributed by atoms with Gasteiger partial charge in [-0.05, 0) is 32.5 Å². The van der Waals surface area contributed by atoms with Gasteiger partial charge in [-0.2, -0.15) is 0 Å². The van der Waals surface area contributed by atoms with Crippen molar-refractivity contribution in [1.29, 1.82) is 0 Å². The Morgan fingerprint density at radius 3 is 2.71 bits per heavy atom. The van der Waals surface area contributed by atoms with Crippen LogP contribution in [0.25, 0.3) is 0 Å². The second kappa shape index (κ2) is 8.03. The summed E-state index contributed by atoms with van der Waals surface area (Å²) < 4.78 is 10.7. The molecule has 1 heterocycles. The molecule has 0 spiro atoms. The van der Waals surface area contributed by atoms with Crippen molar-refractivity contribution in [3.8, 4) is 5.75 Å². The van der Waals surface area contributed by atoms with Crippen LogP contribution in [0.5, 0.6) is 5.75 Å². The van der Waals surface area contributed by atoms with Gasteiger partial charge < -0.3 is 14.8 Å². The average molecular weight is 238 g/mol. The van der Waals surface area contributed by atoms with Crippen LogP contribution >= 0.6 is 0 Å². The molecule has 0 aliphatic heterocycles. The summed E-state index contributed by atoms with van der Waals surface area (Å²) in [7, 11) is 0. The zero-order valence-corrected chi connectivity index (χ0v) is 10.9. The summed E-state index contributed by atoms with van der Waals surface area (Å²) in [6.07, 6.45) is 1.76. The van der Waals surface area contributed by atoms with E-state index in [9.17, 15) is 0 Å². The molecule has 0 saturated carbocycles. The van der Waals surface area contributed by atoms with Crippen LogP contribution in [0.4, 0.5) is 0 Å². The number of pyridine rings is 1. The normalized spacial score (nSPS) is 12.4. The van der Waals surface area contributed by atoms with Gasteiger partial charge in [-0.1, -0.05) is 6.92 Å². The fourth-order valence-corrected chi connectivity index (χ4v) is 1.51. The van der Waals surface area contributed by atoms with Gasteiger partial charge in [0.15, 0.2) is 0 Å². The Bertz CT molecular complexity index is 301. The van der Waals surface area contributed by atoms with Crippen LogP contribution in [0.15, 0.2) is 18.3 Å². The maximum absolute atomic E-state index is 5.49. The Morgan fingerprint density at radius 2 is 2.12 bits per heavy atom. The maximum Gasteiger partial charge on any atom is 0.137 e. The highest BCUT2D eigenvalue weighted by atomic mass is 16.5. The SMILES string of the molecule is CCNC(C)c1ccc(OCCOCC)cn1. The van der Waals surface area contributed by atoms with Gasteiger partial charge >= 0.3 is 0 Å². The van der Waals surface area contributed by atoms with Gasteiger partial charge in [0, 0.05) is 12.6 Å². The van der Waals surface area contributed by atoms with E-state index in [4.69, 9.17) is 9.47 Å². The molecule has 0 amide bonds. The van der Waals surface area contributed by atoms with Crippen LogP contribution < -0.4 is 10.1 Å². The molecule has 17 heavy (non-hydrogen) atoms. The first-order chi connectivity index (χ1) is 8.27. The first-order valence-corrected chi connectivity index (χ1v) is 6.17. The van der Waals surface area contributed by atoms with E-state index in [-0.39, 0.29) is 6.04 Å². The second-order valence-electron chi connectivity index (χ2n) is 3.74. The molecule has 0 bridgehead atoms. The molecule has 1 rings (SSSR count). The molecule has 0 aliphatic rings. The van der Waals surface area contributed by atoms with Crippen molar-refractivity contribution in [2.75, 3.05) is 26.4 Å². The molecule has 0 fully saturated rings. The maximum atomic E-state index is 5.49. The lowest BCUT2D eigenvalue weighted by atomic mass is 10.2. The molecule has 0 radical (unpaired) electrons. The van der Waals surface area contributed by atoms with Crippen molar-refractivity contribution in [3.05, 3.63) is 24.0 Å². The Labute approximate surface area is 103 Å². The smallest absolute Gasteiger partial charge is 0.137 e. The fraction of sp³-hybridized carbons (Fsp3) is 0.615. The molecule has 96 valence electrons. The minimum Gasteiger partial charge on any atom is -0.490 e. The molecular weight excluding hydrogens is 216 g/mol. The van der Waals surface area contributed by atoms with Crippen molar-refractivity contribution < 1.29 is 9.47 Å². The summed E-state index contributed by atoms with van der Waals surface area (Å²) in [6, 6.07) is 4.21. The molecule has 1 atom stereocenters. The summed E-state index contributed by atoms with van der Waals surface area (Å²) in [5.74, 6) is 0.789. The van der Waals surface area contributed by atoms with E-state index >= 15 is 0 Å². The standard InChI is InChI=1S/C13H22N2O2/c1-4-14-11(3)13-7-6-12(10-15-13)17-9-8-16-5-2/h6-7,10-11,14H,4-5,8-9H2,1-3H3. The van der Waals surface area contributed by atoms with Gasteiger partial charge in [0.1, 0.15) is 12.4 Å². The highest BCUT2D eigenvalue weighted by molar-refractivity contribution is 5.21. The monoisotopic (exact) mass is 238 g/mol. The number of hydrogen-bond acceptors (Lipinski definition) is 4. The molecule has 0 aliphatic carbocycles. The molecule has 4 nitrogen and oxygen atoms in total. The van der Waals surface area contributed by atoms with E-state index in [1.807, 2.05) is 19.1 Å². The van der Waals surface area contributed by atoms with Crippen LogP contribution in [0, 0.1) is 0 Å². The van der Waals surface area contributed by atoms with E-state index in [2.05, 4.69) is 24.1 Å². The van der Waals surface area contributed by atoms with Crippen LogP contribution in [-0.4, -0.2) is 31.3 Å². The Balaban J connectivity index is 2.39. The van der Waals surface area contributed by atoms with Crippen molar-refractivity contribution in [1.82, 2.24) is 10.3 Å². The highest BCUT2D eigenvalue weighted by Gasteiger charge is 2.04. The van der Waals surface area contributed by atoms with Crippen molar-refractivity contribution in [3.63, 3.8) is 0 Å². The number of hydrogen-bond donors (Lipinski definition) is 1. The predicted octanol–water partition coefficient (Wildman–Crippen LogP) is 2.17. The van der Waals surface area contributed by atoms with Gasteiger partial charge in [0.2, 0.25) is 0 Å². The van der Waals surface area contributed by atoms with Gasteiger partial charge in [-0.25, -0.2) is 0 Å². The zero-order valence-electron chi connectivity index (χ0n) is 10.9. The topological polar surface area (TPSA) is 43.4 Å². The van der Waals surface area contributed by atoms with Crippen LogP contribution in [-0.2, 0) is 4.74 Å². The summed E-state index contributed by atoms with van der Waals surface area (Å²) in [6.45, 7) is 9.00. The largest absolute Gasteiger partial charge is 0.490 e. The minimum absolute atomic E-state index is 0.275. The molecule has 0 saturated heterocycles. The molecular formula is C13H22N2O2. The lowest BCUT2D eigenvalue weighted by Crippen LogP contribution is -2.18. The minimum atomic E-state index is 0.275. The molecule has 1 aromatic heterocycles. The summed E-state index contributed by atoms with van der Waals surface area (Å²) >= 11 is 0. The highest BCUT2D eigenvalue weighted by Crippen LogP contribution is 2.14. The first-order valence-electron chi connectivity index (χ1n) is 6.17. The van der Waals surface area contributed by atoms with Crippen LogP contribution in [0.1, 0.15) is 32.5 Å². The summed E-state index contributed by atoms with van der Waals surface area (Å²) in [4.78, 5) is 4.37. The lowest BCUT2D eigenvalue weighted by molar-refractivity contribution is 0.110. The third kappa shape index (κ3) is 5.15. The Morgan fingerprint density at radius 1 is 1.29 bits per heavy atom. The van der Waals surface area contributed by atoms with Gasteiger partial charge in [-0.3, -0.25) is 4.98 Å². The predicted molar refractivity (Wildman–Crippen MR) is 68.3 cm³/mol. The van der Waals surface area contributed by atoms with E-state index in [1.54, 1.807) is 6.20 Å². The van der Waals surface area contributed by atoms with Gasteiger partial charge in [0.25, 0.3) is 0 Å². The number of ether oxygens (including phenoxy) is 2. The van der Waals surface area contributed by atoms with E-state index < -0.39 is 0 Å². The molecule has 1 aromatic rings. The zero-order chi connectivity index (χ0) is 12.5. The molecule has 1 N–H and O–H groups in total. The third-order valence-corrected chi connectivity index (χ3v) is 2.41. The van der Waals surface area contributed by atoms with Crippen molar-refractivity contribution in [2.45, 2.75) is 26.8 Å². The van der Waals surface area contributed by atoms with Gasteiger partial charge in [-0.15, -0.1) is 0 Å². The number of rotatable bonds is 8. The number of nitrogens with zero attached hydrogens (tertiary/aromatic N) is 1. The Kier molecular flexibility index (Phi) is 6.58. The lowest BCUT2D eigenvalue weighted by Gasteiger charge is -2.12.